The molecule has 1 heterocycles. The molecule has 9 amide bonds. The highest BCUT2D eigenvalue weighted by molar-refractivity contribution is 5.98. The number of nitrogens with one attached hydrogen (secondary N) is 9. The van der Waals surface area contributed by atoms with Crippen molar-refractivity contribution in [1.29, 1.82) is 0 Å². The van der Waals surface area contributed by atoms with Gasteiger partial charge in [-0.1, -0.05) is 110 Å². The third-order valence-corrected chi connectivity index (χ3v) is 12.7. The minimum Gasteiger partial charge on any atom is -0.354 e. The molecule has 2 rings (SSSR count). The Labute approximate surface area is 438 Å². The fourth-order valence-electron chi connectivity index (χ4n) is 8.49. The van der Waals surface area contributed by atoms with E-state index in [1.165, 1.54) is 12.8 Å². The molecule has 0 aromatic heterocycles. The monoisotopic (exact) mass is 1040 g/mol. The summed E-state index contributed by atoms with van der Waals surface area (Å²) in [5.41, 5.74) is 24.6. The van der Waals surface area contributed by atoms with Gasteiger partial charge in [0.1, 0.15) is 48.3 Å². The van der Waals surface area contributed by atoms with Crippen molar-refractivity contribution in [3.05, 3.63) is 35.9 Å². The summed E-state index contributed by atoms with van der Waals surface area (Å²) in [6.07, 6.45) is 8.61. The number of benzene rings is 1. The van der Waals surface area contributed by atoms with Crippen LogP contribution in [0.4, 0.5) is 0 Å². The Balaban J connectivity index is 2.62. The van der Waals surface area contributed by atoms with Crippen LogP contribution in [-0.4, -0.2) is 134 Å². The van der Waals surface area contributed by atoms with Gasteiger partial charge >= 0.3 is 0 Å². The smallest absolute Gasteiger partial charge is 0.244 e. The predicted octanol–water partition coefficient (Wildman–Crippen LogP) is -0.354. The molecule has 0 spiro atoms. The summed E-state index contributed by atoms with van der Waals surface area (Å²) in [5, 5.41) is 24.3. The minimum atomic E-state index is -1.42. The summed E-state index contributed by atoms with van der Waals surface area (Å²) in [6.45, 7) is 8.83. The highest BCUT2D eigenvalue weighted by Crippen LogP contribution is 2.13. The Kier molecular flexibility index (Phi) is 31.6. The van der Waals surface area contributed by atoms with Gasteiger partial charge in [-0.3, -0.25) is 43.2 Å². The van der Waals surface area contributed by atoms with Crippen LogP contribution in [0.15, 0.2) is 30.3 Å². The van der Waals surface area contributed by atoms with Crippen LogP contribution in [0.25, 0.3) is 0 Å². The molecule has 1 aromatic carbocycles. The van der Waals surface area contributed by atoms with Crippen LogP contribution in [0.1, 0.15) is 143 Å². The molecule has 22 nitrogen and oxygen atoms in total. The van der Waals surface area contributed by atoms with Crippen molar-refractivity contribution in [1.82, 2.24) is 47.9 Å². The number of carbonyl (C=O) groups is 9. The zero-order valence-corrected chi connectivity index (χ0v) is 44.7. The average Bonchev–Trinajstić information content (AvgIpc) is 3.35. The van der Waals surface area contributed by atoms with Crippen LogP contribution >= 0.6 is 0 Å². The van der Waals surface area contributed by atoms with Gasteiger partial charge in [-0.25, -0.2) is 0 Å². The van der Waals surface area contributed by atoms with E-state index in [-0.39, 0.29) is 102 Å². The summed E-state index contributed by atoms with van der Waals surface area (Å²) in [4.78, 5) is 126. The van der Waals surface area contributed by atoms with Crippen LogP contribution in [0.5, 0.6) is 0 Å². The van der Waals surface area contributed by atoms with E-state index in [9.17, 15) is 43.2 Å². The Hall–Kier alpha value is -5.71. The number of hydrogen-bond donors (Lipinski definition) is 13. The van der Waals surface area contributed by atoms with E-state index < -0.39 is 95.6 Å². The fourth-order valence-corrected chi connectivity index (χ4v) is 8.49. The largest absolute Gasteiger partial charge is 0.354 e. The molecule has 0 radical (unpaired) electrons. The number of unbranched alkanes of at least 4 members (excludes halogenated alkanes) is 7. The molecular formula is C52H91N13O9. The van der Waals surface area contributed by atoms with Crippen LogP contribution in [0.2, 0.25) is 0 Å². The third-order valence-electron chi connectivity index (χ3n) is 12.7. The van der Waals surface area contributed by atoms with Crippen molar-refractivity contribution in [3.8, 4) is 0 Å². The normalized spacial score (nSPS) is 22.6. The van der Waals surface area contributed by atoms with E-state index in [0.29, 0.717) is 12.8 Å². The van der Waals surface area contributed by atoms with Crippen molar-refractivity contribution < 1.29 is 43.2 Å². The first kappa shape index (κ1) is 64.4. The van der Waals surface area contributed by atoms with Crippen molar-refractivity contribution in [2.45, 2.75) is 192 Å². The molecule has 1 aromatic rings. The van der Waals surface area contributed by atoms with Gasteiger partial charge in [-0.2, -0.15) is 0 Å². The Bertz CT molecular complexity index is 1910. The molecule has 1 saturated heterocycles. The topological polar surface area (TPSA) is 366 Å². The van der Waals surface area contributed by atoms with Gasteiger partial charge in [0, 0.05) is 19.5 Å². The van der Waals surface area contributed by atoms with E-state index in [4.69, 9.17) is 22.9 Å². The highest BCUT2D eigenvalue weighted by atomic mass is 16.2. The van der Waals surface area contributed by atoms with E-state index in [1.807, 2.05) is 58.0 Å². The summed E-state index contributed by atoms with van der Waals surface area (Å²) in [6, 6.07) is -0.882. The summed E-state index contributed by atoms with van der Waals surface area (Å²) < 4.78 is 0. The molecule has 1 aliphatic heterocycles. The molecule has 17 N–H and O–H groups in total. The van der Waals surface area contributed by atoms with Gasteiger partial charge < -0.3 is 70.8 Å². The first-order chi connectivity index (χ1) is 35.4. The van der Waals surface area contributed by atoms with E-state index in [1.54, 1.807) is 0 Å². The Morgan fingerprint density at radius 1 is 0.554 bits per heavy atom. The molecule has 74 heavy (non-hydrogen) atoms. The summed E-state index contributed by atoms with van der Waals surface area (Å²) in [7, 11) is 0. The van der Waals surface area contributed by atoms with Gasteiger partial charge in [-0.15, -0.1) is 0 Å². The second-order valence-electron chi connectivity index (χ2n) is 20.1. The maximum atomic E-state index is 14.3. The van der Waals surface area contributed by atoms with E-state index in [2.05, 4.69) is 54.8 Å². The molecule has 22 heteroatoms. The molecular weight excluding hydrogens is 951 g/mol. The van der Waals surface area contributed by atoms with Crippen LogP contribution < -0.4 is 70.8 Å². The van der Waals surface area contributed by atoms with Crippen molar-refractivity contribution in [2.75, 3.05) is 32.7 Å². The SMILES string of the molecule is CCCCCCCCCCC(=O)N[C@H](CN)C(=O)N[C@H]1CCNC(=O)[C@H](CC(C)C)NC(=O)[C@H](CCN)NC(=O)[C@H](CCN)NC(=O)[C@H](CC(C)C)NC(=O)[C@@H](CCc2ccccc2)NC(=O)[C@H](CCN)NC1=O. The number of hydrogen-bond acceptors (Lipinski definition) is 13. The standard InChI is InChI=1S/C52H91N13O9/c1-6-7-8-9-10-11-12-16-19-44(66)58-43(32-56)52(74)63-40-25-29-57-45(67)41(30-33(2)3)64-49(71)39(24-28-55)60-48(70)38(23-27-54)62-51(73)42(31-34(4)5)65-46(68)36(21-20-35-17-14-13-15-18-35)59-47(69)37(22-26-53)61-50(40)72/h13-15,17-18,33-34,36-43H,6-12,16,19-32,53-56H2,1-5H3,(H,57,67)(H,58,66)(H,59,69)(H,60,70)(H,61,72)(H,62,73)(H,63,74)(H,64,71)(H,65,68)/t36-,37+,38+,39+,40+,41+,42+,43-/m1/s1. The molecule has 0 saturated carbocycles. The maximum Gasteiger partial charge on any atom is 0.244 e. The van der Waals surface area contributed by atoms with Crippen molar-refractivity contribution in [2.24, 2.45) is 34.8 Å². The molecule has 1 fully saturated rings. The molecule has 1 aliphatic rings. The lowest BCUT2D eigenvalue weighted by Gasteiger charge is -2.28. The zero-order valence-electron chi connectivity index (χ0n) is 44.7. The fraction of sp³-hybridized carbons (Fsp3) is 0.712. The second kappa shape index (κ2) is 36.3. The lowest BCUT2D eigenvalue weighted by molar-refractivity contribution is -0.136. The maximum absolute atomic E-state index is 14.3. The third kappa shape index (κ3) is 25.0. The van der Waals surface area contributed by atoms with Crippen LogP contribution in [0.3, 0.4) is 0 Å². The lowest BCUT2D eigenvalue weighted by atomic mass is 10.00. The molecule has 0 aliphatic carbocycles. The first-order valence-electron chi connectivity index (χ1n) is 26.9. The van der Waals surface area contributed by atoms with Gasteiger partial charge in [0.2, 0.25) is 53.2 Å². The number of nitrogens with two attached hydrogens (primary N) is 4. The molecule has 0 bridgehead atoms. The van der Waals surface area contributed by atoms with Gasteiger partial charge in [0.15, 0.2) is 0 Å². The van der Waals surface area contributed by atoms with Gasteiger partial charge in [-0.05, 0) is 94.8 Å². The predicted molar refractivity (Wildman–Crippen MR) is 284 cm³/mol. The Morgan fingerprint density at radius 2 is 0.973 bits per heavy atom. The lowest BCUT2D eigenvalue weighted by Crippen LogP contribution is -2.61. The van der Waals surface area contributed by atoms with Gasteiger partial charge in [0.25, 0.3) is 0 Å². The minimum absolute atomic E-state index is 0.0347. The van der Waals surface area contributed by atoms with E-state index >= 15 is 0 Å². The van der Waals surface area contributed by atoms with Gasteiger partial charge in [0.05, 0.1) is 0 Å². The Morgan fingerprint density at radius 3 is 1.43 bits per heavy atom. The van der Waals surface area contributed by atoms with Crippen LogP contribution in [-0.2, 0) is 49.6 Å². The number of amides is 9. The molecule has 418 valence electrons. The molecule has 8 atom stereocenters. The van der Waals surface area contributed by atoms with E-state index in [0.717, 1.165) is 37.7 Å². The highest BCUT2D eigenvalue weighted by Gasteiger charge is 2.35. The summed E-state index contributed by atoms with van der Waals surface area (Å²) >= 11 is 0. The van der Waals surface area contributed by atoms with Crippen LogP contribution in [0, 0.1) is 11.8 Å². The zero-order chi connectivity index (χ0) is 55.0. The number of aryl methyl sites for hydroxylation is 1. The van der Waals surface area contributed by atoms with Crippen molar-refractivity contribution in [3.63, 3.8) is 0 Å². The molecule has 0 unspecified atom stereocenters. The average molecular weight is 1040 g/mol. The number of carbonyl (C=O) groups excluding carboxylic acids is 9. The quantitative estimate of drug-likeness (QED) is 0.0529. The first-order valence-corrected chi connectivity index (χ1v) is 26.9. The second-order valence-corrected chi connectivity index (χ2v) is 20.1. The van der Waals surface area contributed by atoms with Crippen molar-refractivity contribution >= 4 is 53.2 Å². The number of rotatable bonds is 26. The summed E-state index contributed by atoms with van der Waals surface area (Å²) in [5.74, 6) is -6.62.